The fraction of sp³-hybridized carbons (Fsp3) is 0.222. The topological polar surface area (TPSA) is 26.3 Å². The minimum absolute atomic E-state index is 0.0744. The van der Waals surface area contributed by atoms with Gasteiger partial charge in [-0.25, -0.2) is 0 Å². The van der Waals surface area contributed by atoms with Gasteiger partial charge in [0.25, 0.3) is 0 Å². The summed E-state index contributed by atoms with van der Waals surface area (Å²) in [5, 5.41) is -0.0744. The predicted molar refractivity (Wildman–Crippen MR) is 60.8 cm³/mol. The summed E-state index contributed by atoms with van der Waals surface area (Å²) in [5.41, 5.74) is 0.174. The van der Waals surface area contributed by atoms with Gasteiger partial charge in [-0.05, 0) is 41.6 Å². The Bertz CT molecular complexity index is 396. The Kier molecular flexibility index (Phi) is 4.27. The van der Waals surface area contributed by atoms with Gasteiger partial charge in [-0.1, -0.05) is 11.6 Å². The molecular weight excluding hydrogens is 340 g/mol. The molecule has 0 bridgehead atoms. The highest BCUT2D eigenvalue weighted by atomic mass is 127. The molecule has 0 heterocycles. The molecule has 0 saturated carbocycles. The van der Waals surface area contributed by atoms with Crippen molar-refractivity contribution in [3.63, 3.8) is 0 Å². The fourth-order valence-corrected chi connectivity index (χ4v) is 2.08. The lowest BCUT2D eigenvalue weighted by Crippen LogP contribution is -2.06. The number of alkyl halides is 2. The van der Waals surface area contributed by atoms with Crippen LogP contribution in [-0.2, 0) is 0 Å². The monoisotopic (exact) mass is 346 g/mol. The fourth-order valence-electron chi connectivity index (χ4n) is 1.00. The standard InChI is InChI=1S/C9H6ClF2IO2/c1-4(14)5-2-3-6(13)8(7(5)10)15-9(11)12/h2-3,9H,1H3. The Morgan fingerprint density at radius 1 is 1.53 bits per heavy atom. The van der Waals surface area contributed by atoms with Crippen molar-refractivity contribution in [2.75, 3.05) is 0 Å². The van der Waals surface area contributed by atoms with Gasteiger partial charge in [-0.2, -0.15) is 8.78 Å². The molecule has 0 aliphatic carbocycles. The smallest absolute Gasteiger partial charge is 0.387 e. The lowest BCUT2D eigenvalue weighted by atomic mass is 10.1. The minimum Gasteiger partial charge on any atom is -0.432 e. The van der Waals surface area contributed by atoms with E-state index >= 15 is 0 Å². The largest absolute Gasteiger partial charge is 0.432 e. The molecule has 0 radical (unpaired) electrons. The summed E-state index contributed by atoms with van der Waals surface area (Å²) < 4.78 is 28.8. The molecule has 0 amide bonds. The first-order chi connectivity index (χ1) is 6.93. The van der Waals surface area contributed by atoms with Gasteiger partial charge in [0.1, 0.15) is 0 Å². The van der Waals surface area contributed by atoms with Gasteiger partial charge in [0, 0.05) is 5.56 Å². The van der Waals surface area contributed by atoms with E-state index in [0.717, 1.165) is 0 Å². The molecule has 0 spiro atoms. The molecule has 1 aromatic rings. The van der Waals surface area contributed by atoms with E-state index in [0.29, 0.717) is 3.57 Å². The van der Waals surface area contributed by atoms with Gasteiger partial charge in [-0.3, -0.25) is 4.79 Å². The van der Waals surface area contributed by atoms with Crippen LogP contribution in [-0.4, -0.2) is 12.4 Å². The zero-order chi connectivity index (χ0) is 11.6. The van der Waals surface area contributed by atoms with Crippen molar-refractivity contribution in [1.82, 2.24) is 0 Å². The number of benzene rings is 1. The zero-order valence-electron chi connectivity index (χ0n) is 7.56. The third-order valence-electron chi connectivity index (χ3n) is 1.64. The summed E-state index contributed by atoms with van der Waals surface area (Å²) >= 11 is 7.57. The Hall–Kier alpha value is -0.430. The number of hydrogen-bond donors (Lipinski definition) is 0. The van der Waals surface area contributed by atoms with Gasteiger partial charge in [0.15, 0.2) is 11.5 Å². The first-order valence-corrected chi connectivity index (χ1v) is 5.33. The van der Waals surface area contributed by atoms with Crippen molar-refractivity contribution in [3.05, 3.63) is 26.3 Å². The Labute approximate surface area is 104 Å². The van der Waals surface area contributed by atoms with Crippen LogP contribution in [0.3, 0.4) is 0 Å². The second-order valence-corrected chi connectivity index (χ2v) is 4.21. The van der Waals surface area contributed by atoms with Crippen LogP contribution >= 0.6 is 34.2 Å². The molecule has 0 aliphatic rings. The Morgan fingerprint density at radius 2 is 2.13 bits per heavy atom. The molecule has 82 valence electrons. The van der Waals surface area contributed by atoms with E-state index in [9.17, 15) is 13.6 Å². The normalized spacial score (nSPS) is 10.5. The summed E-state index contributed by atoms with van der Waals surface area (Å²) in [7, 11) is 0. The number of halogens is 4. The number of carbonyl (C=O) groups is 1. The summed E-state index contributed by atoms with van der Waals surface area (Å²) in [5.74, 6) is -0.449. The number of hydrogen-bond acceptors (Lipinski definition) is 2. The van der Waals surface area contributed by atoms with Gasteiger partial charge in [-0.15, -0.1) is 0 Å². The van der Waals surface area contributed by atoms with Gasteiger partial charge < -0.3 is 4.74 Å². The van der Waals surface area contributed by atoms with E-state index in [1.807, 2.05) is 0 Å². The van der Waals surface area contributed by atoms with Crippen molar-refractivity contribution in [1.29, 1.82) is 0 Å². The van der Waals surface area contributed by atoms with Crippen molar-refractivity contribution in [2.45, 2.75) is 13.5 Å². The number of ether oxygens (including phenoxy) is 1. The van der Waals surface area contributed by atoms with Crippen molar-refractivity contribution >= 4 is 40.0 Å². The second-order valence-electron chi connectivity index (χ2n) is 2.67. The van der Waals surface area contributed by atoms with Crippen LogP contribution < -0.4 is 4.74 Å². The molecule has 6 heteroatoms. The summed E-state index contributed by atoms with van der Waals surface area (Å²) in [4.78, 5) is 11.1. The molecule has 0 saturated heterocycles. The van der Waals surface area contributed by atoms with Crippen LogP contribution in [0.1, 0.15) is 17.3 Å². The van der Waals surface area contributed by atoms with E-state index in [1.165, 1.54) is 19.1 Å². The SMILES string of the molecule is CC(=O)c1ccc(I)c(OC(F)F)c1Cl. The summed E-state index contributed by atoms with van der Waals surface area (Å²) in [6.07, 6.45) is 0. The van der Waals surface area contributed by atoms with Crippen LogP contribution in [0.4, 0.5) is 8.78 Å². The van der Waals surface area contributed by atoms with E-state index < -0.39 is 6.61 Å². The lowest BCUT2D eigenvalue weighted by Gasteiger charge is -2.10. The molecule has 0 fully saturated rings. The molecule has 1 rings (SSSR count). The van der Waals surface area contributed by atoms with Gasteiger partial charge >= 0.3 is 6.61 Å². The van der Waals surface area contributed by atoms with Crippen molar-refractivity contribution in [3.8, 4) is 5.75 Å². The van der Waals surface area contributed by atoms with Gasteiger partial charge in [0.05, 0.1) is 8.59 Å². The van der Waals surface area contributed by atoms with Crippen LogP contribution in [0.5, 0.6) is 5.75 Å². The number of carbonyl (C=O) groups excluding carboxylic acids is 1. The molecule has 1 aromatic carbocycles. The molecule has 0 N–H and O–H groups in total. The molecule has 0 aliphatic heterocycles. The maximum Gasteiger partial charge on any atom is 0.387 e. The maximum atomic E-state index is 12.0. The number of rotatable bonds is 3. The van der Waals surface area contributed by atoms with E-state index in [1.54, 1.807) is 22.6 Å². The number of ketones is 1. The van der Waals surface area contributed by atoms with Crippen LogP contribution in [0.25, 0.3) is 0 Å². The summed E-state index contributed by atoms with van der Waals surface area (Å²) in [6.45, 7) is -1.65. The Morgan fingerprint density at radius 3 is 2.60 bits per heavy atom. The van der Waals surface area contributed by atoms with Crippen molar-refractivity contribution in [2.24, 2.45) is 0 Å². The maximum absolute atomic E-state index is 12.0. The highest BCUT2D eigenvalue weighted by Crippen LogP contribution is 2.34. The third kappa shape index (κ3) is 3.01. The molecule has 0 unspecified atom stereocenters. The average molecular weight is 346 g/mol. The molecule has 2 nitrogen and oxygen atoms in total. The number of Topliss-reactive ketones (excluding diaryl/α,β-unsaturated/α-hetero) is 1. The highest BCUT2D eigenvalue weighted by molar-refractivity contribution is 14.1. The van der Waals surface area contributed by atoms with Gasteiger partial charge in [0.2, 0.25) is 0 Å². The quantitative estimate of drug-likeness (QED) is 0.615. The zero-order valence-corrected chi connectivity index (χ0v) is 10.5. The van der Waals surface area contributed by atoms with E-state index in [4.69, 9.17) is 11.6 Å². The van der Waals surface area contributed by atoms with Crippen LogP contribution in [0.15, 0.2) is 12.1 Å². The molecule has 0 atom stereocenters. The van der Waals surface area contributed by atoms with Crippen LogP contribution in [0, 0.1) is 3.57 Å². The third-order valence-corrected chi connectivity index (χ3v) is 2.86. The molecule has 0 aromatic heterocycles. The predicted octanol–water partition coefficient (Wildman–Crippen LogP) is 3.75. The van der Waals surface area contributed by atoms with Crippen molar-refractivity contribution < 1.29 is 18.3 Å². The molecule has 15 heavy (non-hydrogen) atoms. The van der Waals surface area contributed by atoms with Crippen LogP contribution in [0.2, 0.25) is 5.02 Å². The first kappa shape index (κ1) is 12.6. The first-order valence-electron chi connectivity index (χ1n) is 3.87. The Balaban J connectivity index is 3.24. The average Bonchev–Trinajstić information content (AvgIpc) is 2.11. The highest BCUT2D eigenvalue weighted by Gasteiger charge is 2.17. The second kappa shape index (κ2) is 5.07. The van der Waals surface area contributed by atoms with E-state index in [2.05, 4.69) is 4.74 Å². The van der Waals surface area contributed by atoms with E-state index in [-0.39, 0.29) is 22.1 Å². The minimum atomic E-state index is -2.96. The lowest BCUT2D eigenvalue weighted by molar-refractivity contribution is -0.0504. The summed E-state index contributed by atoms with van der Waals surface area (Å²) in [6, 6.07) is 2.98. The molecular formula is C9H6ClF2IO2.